The third-order valence-electron chi connectivity index (χ3n) is 5.35. The Kier molecular flexibility index (Phi) is 5.76. The maximum Gasteiger partial charge on any atom is 0.322 e. The van der Waals surface area contributed by atoms with Gasteiger partial charge in [-0.15, -0.1) is 5.10 Å². The van der Waals surface area contributed by atoms with Crippen molar-refractivity contribution in [1.29, 1.82) is 0 Å². The average Bonchev–Trinajstić information content (AvgIpc) is 3.48. The molecule has 4 aromatic rings. The van der Waals surface area contributed by atoms with E-state index in [0.717, 1.165) is 5.56 Å². The zero-order valence-electron chi connectivity index (χ0n) is 17.4. The number of carbonyl (C=O) groups excluding carboxylic acids is 1. The van der Waals surface area contributed by atoms with Gasteiger partial charge in [0, 0.05) is 17.1 Å². The number of hydrogen-bond donors (Lipinski definition) is 1. The molecule has 8 nitrogen and oxygen atoms in total. The molecule has 1 aromatic heterocycles. The van der Waals surface area contributed by atoms with Crippen molar-refractivity contribution in [2.24, 2.45) is 0 Å². The second-order valence-electron chi connectivity index (χ2n) is 7.47. The minimum absolute atomic E-state index is 0.0927. The maximum atomic E-state index is 13.1. The van der Waals surface area contributed by atoms with Crippen molar-refractivity contribution in [1.82, 2.24) is 10.2 Å². The molecule has 5 rings (SSSR count). The summed E-state index contributed by atoms with van der Waals surface area (Å²) in [6, 6.07) is 17.7. The molecule has 0 aliphatic carbocycles. The number of sulfonamides is 1. The van der Waals surface area contributed by atoms with Crippen molar-refractivity contribution in [2.45, 2.75) is 11.3 Å². The van der Waals surface area contributed by atoms with Crippen LogP contribution in [0.4, 0.5) is 11.7 Å². The number of rotatable bonds is 5. The molecule has 0 bridgehead atoms. The summed E-state index contributed by atoms with van der Waals surface area (Å²) in [5.74, 6) is -0.446. The van der Waals surface area contributed by atoms with Crippen molar-refractivity contribution >= 4 is 50.8 Å². The number of hydrogen-bond acceptors (Lipinski definition) is 6. The molecule has 1 amide bonds. The van der Waals surface area contributed by atoms with Gasteiger partial charge in [-0.1, -0.05) is 46.5 Å². The van der Waals surface area contributed by atoms with E-state index < -0.39 is 15.9 Å². The Hall–Kier alpha value is -3.40. The number of carbonyl (C=O) groups is 1. The highest BCUT2D eigenvalue weighted by Gasteiger charge is 2.30. The number of aromatic nitrogens is 2. The van der Waals surface area contributed by atoms with Crippen LogP contribution < -0.4 is 9.62 Å². The Labute approximate surface area is 205 Å². The Balaban J connectivity index is 1.32. The van der Waals surface area contributed by atoms with Crippen molar-refractivity contribution in [3.63, 3.8) is 0 Å². The van der Waals surface area contributed by atoms with E-state index in [2.05, 4.69) is 15.5 Å². The van der Waals surface area contributed by atoms with Gasteiger partial charge in [-0.05, 0) is 60.5 Å². The zero-order chi connectivity index (χ0) is 23.9. The van der Waals surface area contributed by atoms with Crippen LogP contribution in [0.5, 0.6) is 0 Å². The number of halogens is 2. The summed E-state index contributed by atoms with van der Waals surface area (Å²) in [5.41, 5.74) is 2.32. The monoisotopic (exact) mass is 514 g/mol. The van der Waals surface area contributed by atoms with Crippen LogP contribution in [0.1, 0.15) is 15.9 Å². The lowest BCUT2D eigenvalue weighted by Crippen LogP contribution is -2.29. The minimum atomic E-state index is -3.75. The fraction of sp³-hybridized carbons (Fsp3) is 0.0870. The van der Waals surface area contributed by atoms with Gasteiger partial charge in [0.1, 0.15) is 0 Å². The number of fused-ring (bicyclic) bond motifs is 1. The molecule has 0 atom stereocenters. The molecule has 3 aromatic carbocycles. The van der Waals surface area contributed by atoms with E-state index in [0.29, 0.717) is 34.3 Å². The van der Waals surface area contributed by atoms with Crippen LogP contribution in [0.3, 0.4) is 0 Å². The lowest BCUT2D eigenvalue weighted by atomic mass is 10.2. The fourth-order valence-electron chi connectivity index (χ4n) is 3.68. The summed E-state index contributed by atoms with van der Waals surface area (Å²) in [4.78, 5) is 12.7. The molecule has 34 heavy (non-hydrogen) atoms. The minimum Gasteiger partial charge on any atom is -0.403 e. The van der Waals surface area contributed by atoms with Gasteiger partial charge < -0.3 is 4.42 Å². The number of anilines is 2. The Bertz CT molecular complexity index is 1500. The fourth-order valence-corrected chi connectivity index (χ4v) is 5.55. The van der Waals surface area contributed by atoms with Gasteiger partial charge in [0.2, 0.25) is 0 Å². The molecule has 172 valence electrons. The van der Waals surface area contributed by atoms with Gasteiger partial charge in [0.15, 0.2) is 0 Å². The topological polar surface area (TPSA) is 105 Å². The Morgan fingerprint density at radius 3 is 2.56 bits per heavy atom. The Morgan fingerprint density at radius 2 is 1.76 bits per heavy atom. The third-order valence-corrected chi connectivity index (χ3v) is 7.75. The van der Waals surface area contributed by atoms with E-state index in [9.17, 15) is 13.2 Å². The SMILES string of the molecule is O=C(Nc1nnc(-c2cc(Cl)ccc2Cl)o1)c1ccc(S(=O)(=O)N2CCc3ccccc32)cc1. The van der Waals surface area contributed by atoms with Gasteiger partial charge in [0.25, 0.3) is 21.8 Å². The lowest BCUT2D eigenvalue weighted by Gasteiger charge is -2.19. The van der Waals surface area contributed by atoms with Crippen molar-refractivity contribution < 1.29 is 17.6 Å². The standard InChI is InChI=1S/C23H16Cl2N4O4S/c24-16-7-10-19(25)18(13-16)22-27-28-23(33-22)26-21(30)15-5-8-17(9-6-15)34(31,32)29-12-11-14-3-1-2-4-20(14)29/h1-10,13H,11-12H2,(H,26,28,30). The predicted molar refractivity (Wildman–Crippen MR) is 129 cm³/mol. The van der Waals surface area contributed by atoms with Gasteiger partial charge in [0.05, 0.1) is 21.2 Å². The van der Waals surface area contributed by atoms with E-state index in [-0.39, 0.29) is 22.4 Å². The van der Waals surface area contributed by atoms with E-state index in [4.69, 9.17) is 27.6 Å². The first-order valence-corrected chi connectivity index (χ1v) is 12.3. The van der Waals surface area contributed by atoms with E-state index in [1.165, 1.54) is 28.6 Å². The molecule has 2 heterocycles. The first kappa shape index (κ1) is 22.4. The molecule has 0 fully saturated rings. The first-order chi connectivity index (χ1) is 16.3. The van der Waals surface area contributed by atoms with Crippen LogP contribution >= 0.6 is 23.2 Å². The van der Waals surface area contributed by atoms with Gasteiger partial charge in [-0.2, -0.15) is 0 Å². The van der Waals surface area contributed by atoms with E-state index >= 15 is 0 Å². The number of amides is 1. The average molecular weight is 515 g/mol. The first-order valence-electron chi connectivity index (χ1n) is 10.1. The molecular weight excluding hydrogens is 499 g/mol. The van der Waals surface area contributed by atoms with Crippen LogP contribution in [0.2, 0.25) is 10.0 Å². The summed E-state index contributed by atoms with van der Waals surface area (Å²) in [7, 11) is -3.75. The van der Waals surface area contributed by atoms with Crippen LogP contribution in [-0.2, 0) is 16.4 Å². The summed E-state index contributed by atoms with van der Waals surface area (Å²) in [5, 5.41) is 11.0. The summed E-state index contributed by atoms with van der Waals surface area (Å²) >= 11 is 12.1. The molecule has 0 radical (unpaired) electrons. The van der Waals surface area contributed by atoms with Crippen molar-refractivity contribution in [3.05, 3.63) is 87.9 Å². The zero-order valence-corrected chi connectivity index (χ0v) is 19.7. The second kappa shape index (κ2) is 8.75. The lowest BCUT2D eigenvalue weighted by molar-refractivity contribution is 0.102. The number of benzene rings is 3. The Morgan fingerprint density at radius 1 is 1.00 bits per heavy atom. The van der Waals surface area contributed by atoms with E-state index in [1.54, 1.807) is 24.3 Å². The normalized spacial score (nSPS) is 13.1. The number of nitrogens with zero attached hydrogens (tertiary/aromatic N) is 3. The highest BCUT2D eigenvalue weighted by molar-refractivity contribution is 7.92. The summed E-state index contributed by atoms with van der Waals surface area (Å²) < 4.78 is 33.1. The van der Waals surface area contributed by atoms with Crippen LogP contribution in [0, 0.1) is 0 Å². The van der Waals surface area contributed by atoms with Gasteiger partial charge in [-0.3, -0.25) is 14.4 Å². The van der Waals surface area contributed by atoms with Gasteiger partial charge >= 0.3 is 6.01 Å². The highest BCUT2D eigenvalue weighted by Crippen LogP contribution is 2.33. The third kappa shape index (κ3) is 4.13. The van der Waals surface area contributed by atoms with Crippen molar-refractivity contribution in [2.75, 3.05) is 16.2 Å². The van der Waals surface area contributed by atoms with Crippen LogP contribution in [0.25, 0.3) is 11.5 Å². The van der Waals surface area contributed by atoms with Gasteiger partial charge in [-0.25, -0.2) is 8.42 Å². The summed E-state index contributed by atoms with van der Waals surface area (Å²) in [6.45, 7) is 0.375. The molecule has 0 saturated heterocycles. The molecule has 11 heteroatoms. The van der Waals surface area contributed by atoms with E-state index in [1.807, 2.05) is 18.2 Å². The summed E-state index contributed by atoms with van der Waals surface area (Å²) in [6.07, 6.45) is 0.655. The smallest absolute Gasteiger partial charge is 0.322 e. The highest BCUT2D eigenvalue weighted by atomic mass is 35.5. The maximum absolute atomic E-state index is 13.1. The second-order valence-corrected chi connectivity index (χ2v) is 10.2. The number of nitrogens with one attached hydrogen (secondary N) is 1. The number of para-hydroxylation sites is 1. The van der Waals surface area contributed by atoms with Crippen LogP contribution in [0.15, 0.2) is 76.0 Å². The van der Waals surface area contributed by atoms with Crippen molar-refractivity contribution in [3.8, 4) is 11.5 Å². The molecular formula is C23H16Cl2N4O4S. The molecule has 0 unspecified atom stereocenters. The molecule has 0 saturated carbocycles. The van der Waals surface area contributed by atoms with Crippen LogP contribution in [-0.4, -0.2) is 31.1 Å². The molecule has 1 aliphatic heterocycles. The molecule has 0 spiro atoms. The predicted octanol–water partition coefficient (Wildman–Crippen LogP) is 5.05. The quantitative estimate of drug-likeness (QED) is 0.399. The molecule has 1 aliphatic rings. The largest absolute Gasteiger partial charge is 0.403 e. The molecule has 1 N–H and O–H groups in total.